The van der Waals surface area contributed by atoms with E-state index in [0.717, 1.165) is 28.8 Å². The van der Waals surface area contributed by atoms with Crippen molar-refractivity contribution in [2.45, 2.75) is 25.6 Å². The molecule has 8 heteroatoms. The van der Waals surface area contributed by atoms with Crippen molar-refractivity contribution in [2.75, 3.05) is 0 Å². The van der Waals surface area contributed by atoms with Gasteiger partial charge in [-0.2, -0.15) is 13.2 Å². The number of aliphatic carboxylic acids is 1. The Morgan fingerprint density at radius 3 is 2.25 bits per heavy atom. The number of pyridine rings is 1. The van der Waals surface area contributed by atoms with Crippen LogP contribution in [-0.4, -0.2) is 16.1 Å². The molecule has 0 radical (unpaired) electrons. The number of benzene rings is 3. The lowest BCUT2D eigenvalue weighted by molar-refractivity contribution is -0.138. The Morgan fingerprint density at radius 1 is 0.889 bits per heavy atom. The largest absolute Gasteiger partial charge is 0.489 e. The van der Waals surface area contributed by atoms with Gasteiger partial charge in [-0.05, 0) is 47.0 Å². The van der Waals surface area contributed by atoms with Gasteiger partial charge in [0.1, 0.15) is 18.2 Å². The van der Waals surface area contributed by atoms with Crippen LogP contribution in [0.1, 0.15) is 23.2 Å². The van der Waals surface area contributed by atoms with Crippen molar-refractivity contribution >= 4 is 5.97 Å². The zero-order valence-electron chi connectivity index (χ0n) is 18.9. The summed E-state index contributed by atoms with van der Waals surface area (Å²) in [5.74, 6) is -1.59. The highest BCUT2D eigenvalue weighted by Gasteiger charge is 2.34. The first kappa shape index (κ1) is 24.9. The first-order valence-corrected chi connectivity index (χ1v) is 11.1. The van der Waals surface area contributed by atoms with Crippen LogP contribution in [0.25, 0.3) is 22.3 Å². The summed E-state index contributed by atoms with van der Waals surface area (Å²) in [5.41, 5.74) is 1.81. The molecule has 184 valence electrons. The van der Waals surface area contributed by atoms with Crippen LogP contribution in [0.15, 0.2) is 85.1 Å². The number of hydrogen-bond acceptors (Lipinski definition) is 3. The average molecular weight is 495 g/mol. The summed E-state index contributed by atoms with van der Waals surface area (Å²) < 4.78 is 60.9. The second-order valence-corrected chi connectivity index (χ2v) is 8.10. The van der Waals surface area contributed by atoms with E-state index in [-0.39, 0.29) is 29.9 Å². The fourth-order valence-corrected chi connectivity index (χ4v) is 3.70. The zero-order valence-corrected chi connectivity index (χ0v) is 18.9. The number of hydrogen-bond donors (Lipinski definition) is 1. The molecular formula is C28H21F4NO3. The van der Waals surface area contributed by atoms with E-state index in [0.29, 0.717) is 12.1 Å². The Bertz CT molecular complexity index is 1350. The summed E-state index contributed by atoms with van der Waals surface area (Å²) >= 11 is 0. The molecule has 0 amide bonds. The number of alkyl halides is 3. The van der Waals surface area contributed by atoms with E-state index in [1.54, 1.807) is 24.4 Å². The van der Waals surface area contributed by atoms with E-state index < -0.39 is 23.5 Å². The van der Waals surface area contributed by atoms with Gasteiger partial charge in [0, 0.05) is 29.4 Å². The van der Waals surface area contributed by atoms with E-state index in [4.69, 9.17) is 9.84 Å². The minimum Gasteiger partial charge on any atom is -0.489 e. The van der Waals surface area contributed by atoms with Crippen LogP contribution < -0.4 is 4.74 Å². The molecule has 0 unspecified atom stereocenters. The van der Waals surface area contributed by atoms with Gasteiger partial charge in [-0.15, -0.1) is 0 Å². The predicted molar refractivity (Wildman–Crippen MR) is 127 cm³/mol. The lowest BCUT2D eigenvalue weighted by atomic mass is 9.98. The molecule has 0 saturated carbocycles. The van der Waals surface area contributed by atoms with Gasteiger partial charge in [0.2, 0.25) is 0 Å². The van der Waals surface area contributed by atoms with Crippen molar-refractivity contribution in [3.63, 3.8) is 0 Å². The Kier molecular flexibility index (Phi) is 7.33. The van der Waals surface area contributed by atoms with Crippen LogP contribution in [-0.2, 0) is 24.0 Å². The number of halogens is 4. The number of carboxylic acids is 1. The van der Waals surface area contributed by atoms with Crippen molar-refractivity contribution in [3.8, 4) is 28.0 Å². The summed E-state index contributed by atoms with van der Waals surface area (Å²) in [6.45, 7) is 0.0446. The third kappa shape index (κ3) is 6.07. The molecule has 0 bridgehead atoms. The maximum Gasteiger partial charge on any atom is 0.417 e. The van der Waals surface area contributed by atoms with E-state index in [2.05, 4.69) is 4.98 Å². The third-order valence-corrected chi connectivity index (χ3v) is 5.57. The summed E-state index contributed by atoms with van der Waals surface area (Å²) in [7, 11) is 0. The maximum atomic E-state index is 14.1. The van der Waals surface area contributed by atoms with E-state index >= 15 is 0 Å². The smallest absolute Gasteiger partial charge is 0.417 e. The van der Waals surface area contributed by atoms with Gasteiger partial charge in [0.25, 0.3) is 0 Å². The Hall–Kier alpha value is -4.20. The predicted octanol–water partition coefficient (Wildman–Crippen LogP) is 7.17. The second kappa shape index (κ2) is 10.6. The maximum absolute atomic E-state index is 14.1. The highest BCUT2D eigenvalue weighted by molar-refractivity contribution is 5.70. The third-order valence-electron chi connectivity index (χ3n) is 5.57. The molecule has 1 aromatic heterocycles. The van der Waals surface area contributed by atoms with Crippen molar-refractivity contribution in [1.82, 2.24) is 4.98 Å². The van der Waals surface area contributed by atoms with E-state index in [9.17, 15) is 22.4 Å². The molecule has 0 fully saturated rings. The SMILES string of the molecule is O=C(O)CCc1ccc(-c2ccc(COc3ccc(-c4ccccc4F)c(C(F)(F)F)c3)cc2)cn1. The Balaban J connectivity index is 1.46. The molecule has 36 heavy (non-hydrogen) atoms. The summed E-state index contributed by atoms with van der Waals surface area (Å²) in [4.78, 5) is 15.0. The molecule has 3 aromatic carbocycles. The lowest BCUT2D eigenvalue weighted by Gasteiger charge is -2.16. The number of rotatable bonds is 8. The van der Waals surface area contributed by atoms with Crippen molar-refractivity contribution in [3.05, 3.63) is 108 Å². The summed E-state index contributed by atoms with van der Waals surface area (Å²) in [5, 5.41) is 8.77. The fourth-order valence-electron chi connectivity index (χ4n) is 3.70. The van der Waals surface area contributed by atoms with Gasteiger partial charge in [0.15, 0.2) is 0 Å². The monoisotopic (exact) mass is 495 g/mol. The topological polar surface area (TPSA) is 59.4 Å². The fraction of sp³-hybridized carbons (Fsp3) is 0.143. The minimum absolute atomic E-state index is 0.0113. The molecule has 0 aliphatic carbocycles. The Labute approximate surface area is 204 Å². The van der Waals surface area contributed by atoms with Crippen LogP contribution in [0.3, 0.4) is 0 Å². The van der Waals surface area contributed by atoms with Crippen molar-refractivity contribution in [2.24, 2.45) is 0 Å². The normalized spacial score (nSPS) is 11.3. The molecule has 0 aliphatic rings. The number of aryl methyl sites for hydroxylation is 1. The number of carbonyl (C=O) groups is 1. The number of ether oxygens (including phenoxy) is 1. The number of carboxylic acid groups (broad SMARTS) is 1. The minimum atomic E-state index is -4.68. The summed E-state index contributed by atoms with van der Waals surface area (Å²) in [6, 6.07) is 19.7. The van der Waals surface area contributed by atoms with Gasteiger partial charge in [-0.3, -0.25) is 9.78 Å². The van der Waals surface area contributed by atoms with E-state index in [1.165, 1.54) is 30.3 Å². The quantitative estimate of drug-likeness (QED) is 0.263. The molecule has 0 aliphatic heterocycles. The van der Waals surface area contributed by atoms with Crippen LogP contribution in [0.2, 0.25) is 0 Å². The van der Waals surface area contributed by atoms with Gasteiger partial charge in [-0.25, -0.2) is 4.39 Å². The lowest BCUT2D eigenvalue weighted by Crippen LogP contribution is -2.08. The van der Waals surface area contributed by atoms with Gasteiger partial charge in [-0.1, -0.05) is 48.5 Å². The van der Waals surface area contributed by atoms with Crippen LogP contribution >= 0.6 is 0 Å². The Morgan fingerprint density at radius 2 is 1.61 bits per heavy atom. The van der Waals surface area contributed by atoms with Crippen LogP contribution in [0.4, 0.5) is 17.6 Å². The summed E-state index contributed by atoms with van der Waals surface area (Å²) in [6.07, 6.45) is -2.66. The molecule has 0 saturated heterocycles. The van der Waals surface area contributed by atoms with Crippen LogP contribution in [0, 0.1) is 5.82 Å². The first-order chi connectivity index (χ1) is 17.2. The number of aromatic nitrogens is 1. The second-order valence-electron chi connectivity index (χ2n) is 8.10. The molecular weight excluding hydrogens is 474 g/mol. The van der Waals surface area contributed by atoms with E-state index in [1.807, 2.05) is 18.2 Å². The molecule has 1 N–H and O–H groups in total. The average Bonchev–Trinajstić information content (AvgIpc) is 2.87. The number of nitrogens with zero attached hydrogens (tertiary/aromatic N) is 1. The molecule has 4 nitrogen and oxygen atoms in total. The van der Waals surface area contributed by atoms with Crippen molar-refractivity contribution in [1.29, 1.82) is 0 Å². The molecule has 1 heterocycles. The van der Waals surface area contributed by atoms with Gasteiger partial charge < -0.3 is 9.84 Å². The van der Waals surface area contributed by atoms with Gasteiger partial charge >= 0.3 is 12.1 Å². The molecule has 0 spiro atoms. The molecule has 0 atom stereocenters. The highest BCUT2D eigenvalue weighted by Crippen LogP contribution is 2.40. The van der Waals surface area contributed by atoms with Crippen LogP contribution in [0.5, 0.6) is 5.75 Å². The molecule has 4 rings (SSSR count). The zero-order chi connectivity index (χ0) is 25.7. The first-order valence-electron chi connectivity index (χ1n) is 11.1. The van der Waals surface area contributed by atoms with Gasteiger partial charge in [0.05, 0.1) is 12.0 Å². The highest BCUT2D eigenvalue weighted by atomic mass is 19.4. The van der Waals surface area contributed by atoms with Crippen molar-refractivity contribution < 1.29 is 32.2 Å². The molecule has 4 aromatic rings. The standard InChI is InChI=1S/C28H21F4NO3/c29-26-4-2-1-3-24(26)23-13-12-22(15-25(23)28(30,31)32)36-17-18-5-7-19(8-6-18)20-9-10-21(33-16-20)11-14-27(34)35/h1-10,12-13,15-16H,11,14,17H2,(H,34,35).